The van der Waals surface area contributed by atoms with Crippen LogP contribution in [-0.2, 0) is 20.9 Å². The number of ether oxygens (including phenoxy) is 1. The molecule has 1 aromatic heterocycles. The molecular formula is C21H27IN4O3. The summed E-state index contributed by atoms with van der Waals surface area (Å²) < 4.78 is 8.24. The van der Waals surface area contributed by atoms with Crippen molar-refractivity contribution in [1.29, 1.82) is 0 Å². The van der Waals surface area contributed by atoms with Crippen LogP contribution >= 0.6 is 22.6 Å². The van der Waals surface area contributed by atoms with Gasteiger partial charge in [-0.3, -0.25) is 14.4 Å². The largest absolute Gasteiger partial charge is 0.467 e. The van der Waals surface area contributed by atoms with E-state index in [1.807, 2.05) is 54.3 Å². The molecule has 0 spiro atoms. The number of hydrogen-bond acceptors (Lipinski definition) is 5. The van der Waals surface area contributed by atoms with Crippen molar-refractivity contribution >= 4 is 40.2 Å². The van der Waals surface area contributed by atoms with Gasteiger partial charge in [0.05, 0.1) is 23.4 Å². The molecule has 29 heavy (non-hydrogen) atoms. The minimum atomic E-state index is -0.971. The number of carbonyl (C=O) groups excluding carboxylic acids is 2. The number of piperidine rings is 1. The van der Waals surface area contributed by atoms with Crippen LogP contribution < -0.4 is 4.90 Å². The minimum Gasteiger partial charge on any atom is -0.467 e. The molecule has 0 N–H and O–H groups in total. The summed E-state index contributed by atoms with van der Waals surface area (Å²) in [6.45, 7) is 4.90. The summed E-state index contributed by atoms with van der Waals surface area (Å²) in [5, 5.41) is 4.33. The van der Waals surface area contributed by atoms with Gasteiger partial charge in [0.15, 0.2) is 0 Å². The Bertz CT molecular complexity index is 831. The lowest BCUT2D eigenvalue weighted by molar-refractivity contribution is -0.151. The highest BCUT2D eigenvalue weighted by Crippen LogP contribution is 2.35. The second-order valence-electron chi connectivity index (χ2n) is 7.20. The van der Waals surface area contributed by atoms with E-state index in [1.54, 1.807) is 4.90 Å². The number of para-hydroxylation sites is 1. The number of halogens is 1. The first kappa shape index (κ1) is 21.8. The van der Waals surface area contributed by atoms with Gasteiger partial charge in [-0.2, -0.15) is 5.10 Å². The van der Waals surface area contributed by atoms with Crippen molar-refractivity contribution in [1.82, 2.24) is 14.7 Å². The second-order valence-corrected chi connectivity index (χ2v) is 8.45. The lowest BCUT2D eigenvalue weighted by Crippen LogP contribution is -2.62. The molecule has 1 aliphatic heterocycles. The smallest absolute Gasteiger partial charge is 0.332 e. The van der Waals surface area contributed by atoms with E-state index in [4.69, 9.17) is 4.74 Å². The van der Waals surface area contributed by atoms with E-state index in [0.717, 1.165) is 22.3 Å². The highest BCUT2D eigenvalue weighted by atomic mass is 127. The third kappa shape index (κ3) is 4.80. The zero-order valence-electron chi connectivity index (χ0n) is 16.9. The molecule has 1 aliphatic rings. The Morgan fingerprint density at radius 3 is 2.45 bits per heavy atom. The standard InChI is InChI=1S/C21H27IN4O3/c1-3-19(27)26(18-7-5-4-6-8-18)21(20(28)29-2)9-11-24(12-10-21)13-14-25-16-17(22)15-23-25/h4-8,15-16H,3,9-14H2,1-2H3. The number of aromatic nitrogens is 2. The number of rotatable bonds is 7. The number of benzene rings is 1. The molecule has 8 heteroatoms. The predicted octanol–water partition coefficient (Wildman–Crippen LogP) is 2.94. The van der Waals surface area contributed by atoms with E-state index in [-0.39, 0.29) is 11.9 Å². The first-order chi connectivity index (χ1) is 14.0. The van der Waals surface area contributed by atoms with Crippen molar-refractivity contribution < 1.29 is 14.3 Å². The number of nitrogens with zero attached hydrogens (tertiary/aromatic N) is 4. The summed E-state index contributed by atoms with van der Waals surface area (Å²) >= 11 is 2.25. The van der Waals surface area contributed by atoms with Gasteiger partial charge in [-0.25, -0.2) is 4.79 Å². The van der Waals surface area contributed by atoms with E-state index >= 15 is 0 Å². The Labute approximate surface area is 185 Å². The highest BCUT2D eigenvalue weighted by molar-refractivity contribution is 14.1. The van der Waals surface area contributed by atoms with E-state index in [0.29, 0.717) is 32.4 Å². The van der Waals surface area contributed by atoms with Crippen molar-refractivity contribution in [2.45, 2.75) is 38.3 Å². The zero-order valence-corrected chi connectivity index (χ0v) is 19.0. The Morgan fingerprint density at radius 1 is 1.21 bits per heavy atom. The predicted molar refractivity (Wildman–Crippen MR) is 120 cm³/mol. The number of hydrogen-bond donors (Lipinski definition) is 0. The van der Waals surface area contributed by atoms with Crippen molar-refractivity contribution in [3.63, 3.8) is 0 Å². The van der Waals surface area contributed by atoms with Crippen LogP contribution in [0.2, 0.25) is 0 Å². The fraction of sp³-hybridized carbons (Fsp3) is 0.476. The minimum absolute atomic E-state index is 0.0684. The molecule has 1 aromatic carbocycles. The number of anilines is 1. The van der Waals surface area contributed by atoms with Crippen LogP contribution in [0.3, 0.4) is 0 Å². The van der Waals surface area contributed by atoms with Gasteiger partial charge >= 0.3 is 5.97 Å². The maximum Gasteiger partial charge on any atom is 0.332 e. The first-order valence-electron chi connectivity index (χ1n) is 9.87. The van der Waals surface area contributed by atoms with Crippen LogP contribution in [0.15, 0.2) is 42.7 Å². The van der Waals surface area contributed by atoms with Gasteiger partial charge in [0.2, 0.25) is 5.91 Å². The van der Waals surface area contributed by atoms with Crippen LogP contribution in [0, 0.1) is 3.57 Å². The summed E-state index contributed by atoms with van der Waals surface area (Å²) in [5.41, 5.74) is -0.231. The summed E-state index contributed by atoms with van der Waals surface area (Å²) in [6.07, 6.45) is 5.26. The average Bonchev–Trinajstić information content (AvgIpc) is 3.18. The summed E-state index contributed by atoms with van der Waals surface area (Å²) in [7, 11) is 1.40. The van der Waals surface area contributed by atoms with Crippen LogP contribution in [0.1, 0.15) is 26.2 Å². The molecule has 1 saturated heterocycles. The third-order valence-electron chi connectivity index (χ3n) is 5.49. The van der Waals surface area contributed by atoms with Gasteiger partial charge < -0.3 is 9.64 Å². The molecule has 0 atom stereocenters. The number of esters is 1. The Hall–Kier alpha value is -1.94. The number of amides is 1. The Kier molecular flexibility index (Phi) is 7.28. The number of methoxy groups -OCH3 is 1. The van der Waals surface area contributed by atoms with E-state index in [1.165, 1.54) is 7.11 Å². The maximum atomic E-state index is 13.0. The van der Waals surface area contributed by atoms with Gasteiger partial charge in [-0.15, -0.1) is 0 Å². The maximum absolute atomic E-state index is 13.0. The Morgan fingerprint density at radius 2 is 1.90 bits per heavy atom. The van der Waals surface area contributed by atoms with Crippen molar-refractivity contribution in [2.24, 2.45) is 0 Å². The molecule has 2 heterocycles. The molecule has 0 radical (unpaired) electrons. The SMILES string of the molecule is CCC(=O)N(c1ccccc1)C1(C(=O)OC)CCN(CCn2cc(I)cn2)CC1. The van der Waals surface area contributed by atoms with Crippen molar-refractivity contribution in [2.75, 3.05) is 31.6 Å². The first-order valence-corrected chi connectivity index (χ1v) is 10.9. The van der Waals surface area contributed by atoms with Crippen molar-refractivity contribution in [3.05, 3.63) is 46.3 Å². The van der Waals surface area contributed by atoms with E-state index in [9.17, 15) is 9.59 Å². The highest BCUT2D eigenvalue weighted by Gasteiger charge is 2.49. The van der Waals surface area contributed by atoms with Crippen LogP contribution in [-0.4, -0.2) is 58.8 Å². The molecule has 0 saturated carbocycles. The van der Waals surface area contributed by atoms with E-state index in [2.05, 4.69) is 32.6 Å². The third-order valence-corrected chi connectivity index (χ3v) is 6.05. The molecule has 1 amide bonds. The number of carbonyl (C=O) groups is 2. The molecule has 0 bridgehead atoms. The average molecular weight is 510 g/mol. The molecule has 3 rings (SSSR count). The molecule has 7 nitrogen and oxygen atoms in total. The van der Waals surface area contributed by atoms with Gasteiger partial charge in [-0.1, -0.05) is 25.1 Å². The van der Waals surface area contributed by atoms with Gasteiger partial charge in [-0.05, 0) is 47.6 Å². The lowest BCUT2D eigenvalue weighted by Gasteiger charge is -2.46. The molecule has 2 aromatic rings. The van der Waals surface area contributed by atoms with Gasteiger partial charge in [0.1, 0.15) is 5.54 Å². The van der Waals surface area contributed by atoms with Crippen LogP contribution in [0.25, 0.3) is 0 Å². The molecule has 1 fully saturated rings. The van der Waals surface area contributed by atoms with Crippen molar-refractivity contribution in [3.8, 4) is 0 Å². The van der Waals surface area contributed by atoms with Gasteiger partial charge in [0.25, 0.3) is 0 Å². The topological polar surface area (TPSA) is 67.7 Å². The zero-order chi connectivity index (χ0) is 20.9. The summed E-state index contributed by atoms with van der Waals surface area (Å²) in [6, 6.07) is 9.43. The molecular weight excluding hydrogens is 483 g/mol. The van der Waals surface area contributed by atoms with Gasteiger partial charge in [0, 0.05) is 37.9 Å². The summed E-state index contributed by atoms with van der Waals surface area (Å²) in [4.78, 5) is 29.9. The summed E-state index contributed by atoms with van der Waals surface area (Å²) in [5.74, 6) is -0.411. The lowest BCUT2D eigenvalue weighted by atomic mass is 9.84. The van der Waals surface area contributed by atoms with E-state index < -0.39 is 5.54 Å². The fourth-order valence-corrected chi connectivity index (χ4v) is 4.37. The quantitative estimate of drug-likeness (QED) is 0.424. The number of likely N-dealkylation sites (tertiary alicyclic amines) is 1. The monoisotopic (exact) mass is 510 g/mol. The van der Waals surface area contributed by atoms with Crippen LogP contribution in [0.4, 0.5) is 5.69 Å². The Balaban J connectivity index is 1.78. The second kappa shape index (κ2) is 9.71. The van der Waals surface area contributed by atoms with Crippen LogP contribution in [0.5, 0.6) is 0 Å². The molecule has 156 valence electrons. The normalized spacial score (nSPS) is 16.4. The molecule has 0 aliphatic carbocycles. The fourth-order valence-electron chi connectivity index (χ4n) is 3.93. The molecule has 0 unspecified atom stereocenters.